The standard InChI is InChI=1S/C14H22N2O/c1-3-14(16-9-7-15-8-10-16)12-5-4-6-13(11-12)17-2/h4-6,11,14-15H,3,7-10H2,1-2H3/t14-/m1/s1. The van der Waals surface area contributed by atoms with Crippen molar-refractivity contribution >= 4 is 0 Å². The van der Waals surface area contributed by atoms with Crippen molar-refractivity contribution < 1.29 is 4.74 Å². The van der Waals surface area contributed by atoms with E-state index in [1.165, 1.54) is 5.56 Å². The summed E-state index contributed by atoms with van der Waals surface area (Å²) in [5.41, 5.74) is 1.37. The fourth-order valence-corrected chi connectivity index (χ4v) is 2.55. The normalized spacial score (nSPS) is 18.9. The van der Waals surface area contributed by atoms with E-state index in [-0.39, 0.29) is 0 Å². The summed E-state index contributed by atoms with van der Waals surface area (Å²) in [7, 11) is 1.73. The number of methoxy groups -OCH3 is 1. The topological polar surface area (TPSA) is 24.5 Å². The minimum Gasteiger partial charge on any atom is -0.497 e. The molecule has 0 spiro atoms. The first-order valence-electron chi connectivity index (χ1n) is 6.44. The number of piperazine rings is 1. The van der Waals surface area contributed by atoms with Crippen molar-refractivity contribution in [2.45, 2.75) is 19.4 Å². The smallest absolute Gasteiger partial charge is 0.119 e. The Labute approximate surface area is 104 Å². The molecule has 1 heterocycles. The second-order valence-electron chi connectivity index (χ2n) is 4.49. The number of nitrogens with one attached hydrogen (secondary N) is 1. The second kappa shape index (κ2) is 6.03. The summed E-state index contributed by atoms with van der Waals surface area (Å²) in [6.07, 6.45) is 1.15. The van der Waals surface area contributed by atoms with Gasteiger partial charge in [-0.15, -0.1) is 0 Å². The van der Waals surface area contributed by atoms with Gasteiger partial charge in [-0.2, -0.15) is 0 Å². The monoisotopic (exact) mass is 234 g/mol. The second-order valence-corrected chi connectivity index (χ2v) is 4.49. The minimum atomic E-state index is 0.521. The summed E-state index contributed by atoms with van der Waals surface area (Å²) in [6, 6.07) is 8.98. The molecule has 0 bridgehead atoms. The number of benzene rings is 1. The van der Waals surface area contributed by atoms with Crippen LogP contribution in [0.5, 0.6) is 5.75 Å². The van der Waals surface area contributed by atoms with Crippen molar-refractivity contribution in [3.05, 3.63) is 29.8 Å². The van der Waals surface area contributed by atoms with Crippen molar-refractivity contribution in [3.8, 4) is 5.75 Å². The molecule has 1 aliphatic heterocycles. The molecule has 17 heavy (non-hydrogen) atoms. The van der Waals surface area contributed by atoms with E-state index in [1.54, 1.807) is 7.11 Å². The summed E-state index contributed by atoms with van der Waals surface area (Å²) < 4.78 is 5.31. The highest BCUT2D eigenvalue weighted by molar-refractivity contribution is 5.30. The van der Waals surface area contributed by atoms with E-state index >= 15 is 0 Å². The first-order chi connectivity index (χ1) is 8.35. The first kappa shape index (κ1) is 12.4. The van der Waals surface area contributed by atoms with E-state index in [2.05, 4.69) is 35.3 Å². The molecule has 1 fully saturated rings. The highest BCUT2D eigenvalue weighted by Gasteiger charge is 2.20. The van der Waals surface area contributed by atoms with Gasteiger partial charge in [-0.05, 0) is 24.1 Å². The van der Waals surface area contributed by atoms with Gasteiger partial charge >= 0.3 is 0 Å². The van der Waals surface area contributed by atoms with Crippen molar-refractivity contribution in [2.75, 3.05) is 33.3 Å². The van der Waals surface area contributed by atoms with Gasteiger partial charge in [-0.3, -0.25) is 4.90 Å². The molecule has 0 saturated carbocycles. The van der Waals surface area contributed by atoms with Crippen molar-refractivity contribution in [2.24, 2.45) is 0 Å². The van der Waals surface area contributed by atoms with Gasteiger partial charge in [0.05, 0.1) is 7.11 Å². The van der Waals surface area contributed by atoms with Crippen LogP contribution in [-0.4, -0.2) is 38.2 Å². The van der Waals surface area contributed by atoms with Crippen LogP contribution in [-0.2, 0) is 0 Å². The lowest BCUT2D eigenvalue weighted by Crippen LogP contribution is -2.45. The number of hydrogen-bond donors (Lipinski definition) is 1. The Kier molecular flexibility index (Phi) is 4.40. The summed E-state index contributed by atoms with van der Waals surface area (Å²) in [5, 5.41) is 3.40. The number of ether oxygens (including phenoxy) is 1. The summed E-state index contributed by atoms with van der Waals surface area (Å²) in [5.74, 6) is 0.955. The Bertz CT molecular complexity index is 348. The Morgan fingerprint density at radius 3 is 2.76 bits per heavy atom. The molecule has 0 aromatic heterocycles. The van der Waals surface area contributed by atoms with Crippen molar-refractivity contribution in [1.29, 1.82) is 0 Å². The zero-order valence-electron chi connectivity index (χ0n) is 10.8. The SMILES string of the molecule is CC[C@H](c1cccc(OC)c1)N1CCNCC1. The van der Waals surface area contributed by atoms with Crippen LogP contribution >= 0.6 is 0 Å². The zero-order chi connectivity index (χ0) is 12.1. The predicted octanol–water partition coefficient (Wildman–Crippen LogP) is 2.05. The third-order valence-electron chi connectivity index (χ3n) is 3.46. The molecule has 0 amide bonds. The maximum atomic E-state index is 5.31. The van der Waals surface area contributed by atoms with Crippen LogP contribution in [0.15, 0.2) is 24.3 Å². The quantitative estimate of drug-likeness (QED) is 0.863. The molecule has 3 heteroatoms. The van der Waals surface area contributed by atoms with Gasteiger partial charge in [0.2, 0.25) is 0 Å². The summed E-state index contributed by atoms with van der Waals surface area (Å²) in [4.78, 5) is 2.56. The van der Waals surface area contributed by atoms with Gasteiger partial charge in [0, 0.05) is 32.2 Å². The van der Waals surface area contributed by atoms with Gasteiger partial charge in [0.25, 0.3) is 0 Å². The third kappa shape index (κ3) is 2.99. The van der Waals surface area contributed by atoms with Gasteiger partial charge in [0.1, 0.15) is 5.75 Å². The Hall–Kier alpha value is -1.06. The van der Waals surface area contributed by atoms with Crippen LogP contribution in [0.2, 0.25) is 0 Å². The van der Waals surface area contributed by atoms with E-state index in [0.717, 1.165) is 38.3 Å². The van der Waals surface area contributed by atoms with Gasteiger partial charge in [0.15, 0.2) is 0 Å². The Balaban J connectivity index is 2.15. The van der Waals surface area contributed by atoms with Gasteiger partial charge in [-0.1, -0.05) is 19.1 Å². The summed E-state index contributed by atoms with van der Waals surface area (Å²) in [6.45, 7) is 6.72. The summed E-state index contributed by atoms with van der Waals surface area (Å²) >= 11 is 0. The van der Waals surface area contributed by atoms with Crippen LogP contribution in [0.4, 0.5) is 0 Å². The molecule has 1 N–H and O–H groups in total. The number of hydrogen-bond acceptors (Lipinski definition) is 3. The maximum absolute atomic E-state index is 5.31. The lowest BCUT2D eigenvalue weighted by molar-refractivity contribution is 0.169. The number of rotatable bonds is 4. The van der Waals surface area contributed by atoms with Crippen LogP contribution in [0, 0.1) is 0 Å². The van der Waals surface area contributed by atoms with Crippen LogP contribution < -0.4 is 10.1 Å². The number of nitrogens with zero attached hydrogens (tertiary/aromatic N) is 1. The maximum Gasteiger partial charge on any atom is 0.119 e. The fourth-order valence-electron chi connectivity index (χ4n) is 2.55. The lowest BCUT2D eigenvalue weighted by atomic mass is 10.0. The van der Waals surface area contributed by atoms with Crippen molar-refractivity contribution in [3.63, 3.8) is 0 Å². The molecule has 0 unspecified atom stereocenters. The highest BCUT2D eigenvalue weighted by Crippen LogP contribution is 2.27. The molecule has 1 saturated heterocycles. The molecule has 1 atom stereocenters. The van der Waals surface area contributed by atoms with E-state index in [9.17, 15) is 0 Å². The van der Waals surface area contributed by atoms with Gasteiger partial charge in [-0.25, -0.2) is 0 Å². The molecule has 94 valence electrons. The van der Waals surface area contributed by atoms with E-state index < -0.39 is 0 Å². The molecule has 3 nitrogen and oxygen atoms in total. The molecule has 1 aliphatic rings. The molecule has 2 rings (SSSR count). The first-order valence-corrected chi connectivity index (χ1v) is 6.44. The third-order valence-corrected chi connectivity index (χ3v) is 3.46. The Morgan fingerprint density at radius 1 is 1.35 bits per heavy atom. The molecule has 0 aliphatic carbocycles. The largest absolute Gasteiger partial charge is 0.497 e. The lowest BCUT2D eigenvalue weighted by Gasteiger charge is -2.34. The predicted molar refractivity (Wildman–Crippen MR) is 70.5 cm³/mol. The molecule has 0 radical (unpaired) electrons. The average molecular weight is 234 g/mol. The zero-order valence-corrected chi connectivity index (χ0v) is 10.8. The molecular formula is C14H22N2O. The minimum absolute atomic E-state index is 0.521. The average Bonchev–Trinajstić information content (AvgIpc) is 2.41. The van der Waals surface area contributed by atoms with Crippen LogP contribution in [0.1, 0.15) is 24.9 Å². The van der Waals surface area contributed by atoms with Crippen LogP contribution in [0.25, 0.3) is 0 Å². The van der Waals surface area contributed by atoms with Crippen molar-refractivity contribution in [1.82, 2.24) is 10.2 Å². The Morgan fingerprint density at radius 2 is 2.12 bits per heavy atom. The fraction of sp³-hybridized carbons (Fsp3) is 0.571. The van der Waals surface area contributed by atoms with Crippen LogP contribution in [0.3, 0.4) is 0 Å². The van der Waals surface area contributed by atoms with Gasteiger partial charge < -0.3 is 10.1 Å². The van der Waals surface area contributed by atoms with E-state index in [0.29, 0.717) is 6.04 Å². The molecule has 1 aromatic rings. The van der Waals surface area contributed by atoms with E-state index in [4.69, 9.17) is 4.74 Å². The molecular weight excluding hydrogens is 212 g/mol. The highest BCUT2D eigenvalue weighted by atomic mass is 16.5. The van der Waals surface area contributed by atoms with E-state index in [1.807, 2.05) is 6.07 Å². The molecule has 1 aromatic carbocycles.